The Morgan fingerprint density at radius 3 is 2.77 bits per heavy atom. The first-order chi connectivity index (χ1) is 12.7. The summed E-state index contributed by atoms with van der Waals surface area (Å²) in [6.45, 7) is 2.23. The minimum atomic E-state index is -0.316. The Balaban J connectivity index is 1.37. The molecule has 1 aliphatic carbocycles. The van der Waals surface area contributed by atoms with Gasteiger partial charge in [0.05, 0.1) is 11.1 Å². The Hall–Kier alpha value is -1.98. The summed E-state index contributed by atoms with van der Waals surface area (Å²) in [6, 6.07) is 0.445. The lowest BCUT2D eigenvalue weighted by atomic mass is 9.77. The first-order valence-corrected chi connectivity index (χ1v) is 10.0. The van der Waals surface area contributed by atoms with E-state index in [0.717, 1.165) is 44.3 Å². The number of amides is 2. The second-order valence-corrected chi connectivity index (χ2v) is 8.08. The van der Waals surface area contributed by atoms with Gasteiger partial charge >= 0.3 is 0 Å². The number of hydrogen-bond donors (Lipinski definition) is 0. The highest BCUT2D eigenvalue weighted by Gasteiger charge is 2.50. The molecule has 1 spiro atoms. The molecule has 0 aromatic carbocycles. The molecule has 3 aliphatic rings. The zero-order valence-electron chi connectivity index (χ0n) is 15.4. The standard InChI is InChI=1S/C20H28N4O2/c25-18(7-6-16-14-21-10-11-22-16)23-13-9-20(15-23)8-3-12-24(19(20)26)17-4-1-2-5-17/h10-11,14,17H,1-9,12-13,15H2/t20-/m0/s1. The van der Waals surface area contributed by atoms with Crippen molar-refractivity contribution in [1.29, 1.82) is 0 Å². The van der Waals surface area contributed by atoms with Gasteiger partial charge in [-0.05, 0) is 38.5 Å². The van der Waals surface area contributed by atoms with Gasteiger partial charge in [-0.25, -0.2) is 0 Å². The number of nitrogens with zero attached hydrogens (tertiary/aromatic N) is 4. The van der Waals surface area contributed by atoms with Crippen LogP contribution in [0.25, 0.3) is 0 Å². The van der Waals surface area contributed by atoms with Gasteiger partial charge in [-0.2, -0.15) is 0 Å². The van der Waals surface area contributed by atoms with Crippen molar-refractivity contribution in [3.05, 3.63) is 24.3 Å². The van der Waals surface area contributed by atoms with Crippen molar-refractivity contribution in [3.63, 3.8) is 0 Å². The molecule has 0 bridgehead atoms. The number of aromatic nitrogens is 2. The molecular weight excluding hydrogens is 328 g/mol. The molecule has 140 valence electrons. The summed E-state index contributed by atoms with van der Waals surface area (Å²) < 4.78 is 0. The maximum atomic E-state index is 13.3. The fourth-order valence-corrected chi connectivity index (χ4v) is 4.98. The van der Waals surface area contributed by atoms with E-state index in [9.17, 15) is 9.59 Å². The van der Waals surface area contributed by atoms with E-state index in [2.05, 4.69) is 14.9 Å². The molecule has 26 heavy (non-hydrogen) atoms. The van der Waals surface area contributed by atoms with Crippen LogP contribution >= 0.6 is 0 Å². The summed E-state index contributed by atoms with van der Waals surface area (Å²) in [7, 11) is 0. The molecule has 2 amide bonds. The highest BCUT2D eigenvalue weighted by molar-refractivity contribution is 5.86. The van der Waals surface area contributed by atoms with E-state index in [0.29, 0.717) is 37.9 Å². The smallest absolute Gasteiger partial charge is 0.230 e. The van der Waals surface area contributed by atoms with Crippen LogP contribution in [0.1, 0.15) is 57.1 Å². The zero-order valence-corrected chi connectivity index (χ0v) is 15.4. The number of carbonyl (C=O) groups excluding carboxylic acids is 2. The van der Waals surface area contributed by atoms with Gasteiger partial charge in [-0.15, -0.1) is 0 Å². The van der Waals surface area contributed by atoms with Gasteiger partial charge in [0.2, 0.25) is 11.8 Å². The highest BCUT2D eigenvalue weighted by atomic mass is 16.2. The van der Waals surface area contributed by atoms with Gasteiger partial charge in [-0.3, -0.25) is 19.6 Å². The van der Waals surface area contributed by atoms with E-state index in [-0.39, 0.29) is 11.3 Å². The number of aryl methyl sites for hydroxylation is 1. The van der Waals surface area contributed by atoms with Crippen LogP contribution in [0.3, 0.4) is 0 Å². The van der Waals surface area contributed by atoms with E-state index in [1.165, 1.54) is 12.8 Å². The summed E-state index contributed by atoms with van der Waals surface area (Å²) >= 11 is 0. The third-order valence-corrected chi connectivity index (χ3v) is 6.45. The topological polar surface area (TPSA) is 66.4 Å². The van der Waals surface area contributed by atoms with E-state index >= 15 is 0 Å². The van der Waals surface area contributed by atoms with Gasteiger partial charge in [0.1, 0.15) is 0 Å². The van der Waals surface area contributed by atoms with Gasteiger partial charge in [0.15, 0.2) is 0 Å². The summed E-state index contributed by atoms with van der Waals surface area (Å²) in [5.41, 5.74) is 0.527. The number of hydrogen-bond acceptors (Lipinski definition) is 4. The quantitative estimate of drug-likeness (QED) is 0.829. The molecular formula is C20H28N4O2. The van der Waals surface area contributed by atoms with Gasteiger partial charge in [0.25, 0.3) is 0 Å². The molecule has 0 unspecified atom stereocenters. The summed E-state index contributed by atoms with van der Waals surface area (Å²) in [6.07, 6.45) is 13.7. The van der Waals surface area contributed by atoms with Crippen LogP contribution in [-0.2, 0) is 16.0 Å². The van der Waals surface area contributed by atoms with Crippen LogP contribution in [0.5, 0.6) is 0 Å². The monoisotopic (exact) mass is 356 g/mol. The van der Waals surface area contributed by atoms with Crippen molar-refractivity contribution in [2.24, 2.45) is 5.41 Å². The molecule has 3 fully saturated rings. The van der Waals surface area contributed by atoms with E-state index in [1.54, 1.807) is 18.6 Å². The first-order valence-electron chi connectivity index (χ1n) is 10.0. The molecule has 6 heteroatoms. The second kappa shape index (κ2) is 7.33. The minimum Gasteiger partial charge on any atom is -0.342 e. The Kier molecular flexibility index (Phi) is 4.92. The molecule has 1 atom stereocenters. The molecule has 4 rings (SSSR count). The van der Waals surface area contributed by atoms with Gasteiger partial charge in [-0.1, -0.05) is 12.8 Å². The fourth-order valence-electron chi connectivity index (χ4n) is 4.98. The Morgan fingerprint density at radius 1 is 1.15 bits per heavy atom. The van der Waals surface area contributed by atoms with E-state index in [4.69, 9.17) is 0 Å². The first kappa shape index (κ1) is 17.4. The average molecular weight is 356 g/mol. The van der Waals surface area contributed by atoms with Gasteiger partial charge < -0.3 is 9.80 Å². The predicted molar refractivity (Wildman–Crippen MR) is 97.2 cm³/mol. The van der Waals surface area contributed by atoms with Crippen LogP contribution in [0.2, 0.25) is 0 Å². The molecule has 2 saturated heterocycles. The molecule has 1 aromatic rings. The normalized spacial score (nSPS) is 26.8. The third-order valence-electron chi connectivity index (χ3n) is 6.45. The Morgan fingerprint density at radius 2 is 2.00 bits per heavy atom. The molecule has 1 saturated carbocycles. The van der Waals surface area contributed by atoms with Crippen molar-refractivity contribution in [3.8, 4) is 0 Å². The average Bonchev–Trinajstić information content (AvgIpc) is 3.34. The maximum absolute atomic E-state index is 13.3. The number of likely N-dealkylation sites (tertiary alicyclic amines) is 2. The van der Waals surface area contributed by atoms with Crippen molar-refractivity contribution in [2.75, 3.05) is 19.6 Å². The van der Waals surface area contributed by atoms with Crippen molar-refractivity contribution >= 4 is 11.8 Å². The lowest BCUT2D eigenvalue weighted by Gasteiger charge is -2.42. The summed E-state index contributed by atoms with van der Waals surface area (Å²) in [5.74, 6) is 0.457. The van der Waals surface area contributed by atoms with E-state index in [1.807, 2.05) is 4.90 Å². The molecule has 3 heterocycles. The highest BCUT2D eigenvalue weighted by Crippen LogP contribution is 2.42. The maximum Gasteiger partial charge on any atom is 0.230 e. The van der Waals surface area contributed by atoms with Crippen molar-refractivity contribution in [2.45, 2.75) is 63.8 Å². The van der Waals surface area contributed by atoms with Crippen LogP contribution in [-0.4, -0.2) is 57.3 Å². The number of piperidine rings is 1. The van der Waals surface area contributed by atoms with Crippen LogP contribution in [0.4, 0.5) is 0 Å². The molecule has 2 aliphatic heterocycles. The van der Waals surface area contributed by atoms with Gasteiger partial charge in [0, 0.05) is 50.7 Å². The predicted octanol–water partition coefficient (Wildman–Crippen LogP) is 2.19. The van der Waals surface area contributed by atoms with E-state index < -0.39 is 0 Å². The minimum absolute atomic E-state index is 0.137. The fraction of sp³-hybridized carbons (Fsp3) is 0.700. The lowest BCUT2D eigenvalue weighted by molar-refractivity contribution is -0.148. The van der Waals surface area contributed by atoms with Crippen molar-refractivity contribution in [1.82, 2.24) is 19.8 Å². The second-order valence-electron chi connectivity index (χ2n) is 8.08. The van der Waals surface area contributed by atoms with Crippen LogP contribution in [0.15, 0.2) is 18.6 Å². The van der Waals surface area contributed by atoms with Crippen LogP contribution in [0, 0.1) is 5.41 Å². The summed E-state index contributed by atoms with van der Waals surface area (Å²) in [5, 5.41) is 0. The SMILES string of the molecule is O=C(CCc1cnccn1)N1CC[C@@]2(CCCN(C3CCCC3)C2=O)C1. The zero-order chi connectivity index (χ0) is 18.0. The van der Waals surface area contributed by atoms with Crippen LogP contribution < -0.4 is 0 Å². The molecule has 1 aromatic heterocycles. The number of rotatable bonds is 4. The lowest BCUT2D eigenvalue weighted by Crippen LogP contribution is -2.53. The molecule has 0 N–H and O–H groups in total. The Bertz CT molecular complexity index is 659. The number of carbonyl (C=O) groups is 2. The Labute approximate surface area is 155 Å². The molecule has 6 nitrogen and oxygen atoms in total. The third kappa shape index (κ3) is 3.33. The van der Waals surface area contributed by atoms with Crippen molar-refractivity contribution < 1.29 is 9.59 Å². The molecule has 0 radical (unpaired) electrons. The largest absolute Gasteiger partial charge is 0.342 e. The summed E-state index contributed by atoms with van der Waals surface area (Å²) in [4.78, 5) is 38.2.